The van der Waals surface area contributed by atoms with Gasteiger partial charge in [-0.2, -0.15) is 0 Å². The lowest BCUT2D eigenvalue weighted by atomic mass is 9.72. The maximum Gasteiger partial charge on any atom is 0.192 e. The van der Waals surface area contributed by atoms with Crippen molar-refractivity contribution in [3.63, 3.8) is 0 Å². The molecule has 0 N–H and O–H groups in total. The first-order valence-corrected chi connectivity index (χ1v) is 19.5. The zero-order valence-electron chi connectivity index (χ0n) is 23.6. The molecule has 2 fully saturated rings. The number of hydrogen-bond acceptors (Lipinski definition) is 4. The van der Waals surface area contributed by atoms with Crippen LogP contribution in [0.15, 0.2) is 23.5 Å². The first kappa shape index (κ1) is 28.8. The fourth-order valence-corrected chi connectivity index (χ4v) is 6.70. The molecule has 33 heavy (non-hydrogen) atoms. The highest BCUT2D eigenvalue weighted by Gasteiger charge is 2.59. The first-order chi connectivity index (χ1) is 15.0. The Morgan fingerprint density at radius 2 is 1.76 bits per heavy atom. The lowest BCUT2D eigenvalue weighted by Crippen LogP contribution is -2.54. The summed E-state index contributed by atoms with van der Waals surface area (Å²) in [6, 6.07) is 1.14. The van der Waals surface area contributed by atoms with E-state index in [1.807, 2.05) is 0 Å². The number of ether oxygens (including phenoxy) is 3. The molecule has 5 atom stereocenters. The quantitative estimate of drug-likeness (QED) is 0.186. The van der Waals surface area contributed by atoms with E-state index in [1.165, 1.54) is 5.57 Å². The van der Waals surface area contributed by atoms with Gasteiger partial charge in [-0.1, -0.05) is 59.0 Å². The van der Waals surface area contributed by atoms with Crippen LogP contribution < -0.4 is 0 Å². The fraction of sp³-hybridized carbons (Fsp3) is 0.852. The van der Waals surface area contributed by atoms with E-state index in [2.05, 4.69) is 93.4 Å². The molecule has 1 heterocycles. The minimum atomic E-state index is -1.94. The van der Waals surface area contributed by atoms with Gasteiger partial charge in [-0.15, -0.1) is 0 Å². The fourth-order valence-electron chi connectivity index (χ4n) is 4.59. The third-order valence-corrected chi connectivity index (χ3v) is 13.9. The molecule has 2 aliphatic rings. The Morgan fingerprint density at radius 3 is 2.30 bits per heavy atom. The van der Waals surface area contributed by atoms with Crippen molar-refractivity contribution in [2.75, 3.05) is 13.4 Å². The summed E-state index contributed by atoms with van der Waals surface area (Å²) in [4.78, 5) is 0. The summed E-state index contributed by atoms with van der Waals surface area (Å²) < 4.78 is 26.3. The Bertz CT molecular complexity index is 713. The maximum atomic E-state index is 7.07. The van der Waals surface area contributed by atoms with Crippen LogP contribution in [-0.2, 0) is 18.6 Å². The molecular formula is C27H52O4Si2. The third-order valence-electron chi connectivity index (χ3n) is 7.73. The highest BCUT2D eigenvalue weighted by Crippen LogP contribution is 2.52. The van der Waals surface area contributed by atoms with Crippen LogP contribution in [0.5, 0.6) is 0 Å². The zero-order chi connectivity index (χ0) is 25.2. The molecule has 2 rings (SSSR count). The Hall–Kier alpha value is -0.406. The van der Waals surface area contributed by atoms with E-state index in [-0.39, 0.29) is 23.2 Å². The second kappa shape index (κ2) is 10.7. The largest absolute Gasteiger partial charge is 0.491 e. The van der Waals surface area contributed by atoms with Crippen molar-refractivity contribution in [1.29, 1.82) is 0 Å². The molecule has 1 aliphatic carbocycles. The SMILES string of the molecule is CC(C)=C/C=C1\O[C@H]2C[C@H](C)C[C@H](O[Si](C)(C)C(C)(C)C)[C@H]2[C@@]1(C)OCOCC[Si](C)(C)C. The van der Waals surface area contributed by atoms with E-state index in [4.69, 9.17) is 18.6 Å². The normalized spacial score (nSPS) is 31.9. The van der Waals surface area contributed by atoms with Gasteiger partial charge in [0.15, 0.2) is 8.32 Å². The Morgan fingerprint density at radius 1 is 1.12 bits per heavy atom. The van der Waals surface area contributed by atoms with E-state index in [1.54, 1.807) is 0 Å². The van der Waals surface area contributed by atoms with Crippen LogP contribution in [0.2, 0.25) is 43.8 Å². The molecule has 0 aromatic rings. The Kier molecular flexibility index (Phi) is 9.34. The van der Waals surface area contributed by atoms with Crippen LogP contribution in [0.4, 0.5) is 0 Å². The van der Waals surface area contributed by atoms with Crippen LogP contribution in [0.3, 0.4) is 0 Å². The van der Waals surface area contributed by atoms with Gasteiger partial charge < -0.3 is 18.6 Å². The van der Waals surface area contributed by atoms with Crippen LogP contribution >= 0.6 is 0 Å². The van der Waals surface area contributed by atoms with E-state index >= 15 is 0 Å². The van der Waals surface area contributed by atoms with Gasteiger partial charge >= 0.3 is 0 Å². The molecular weight excluding hydrogens is 444 g/mol. The number of allylic oxidation sites excluding steroid dienone is 3. The minimum absolute atomic E-state index is 0.118. The number of fused-ring (bicyclic) bond motifs is 1. The summed E-state index contributed by atoms with van der Waals surface area (Å²) in [7, 11) is -3.06. The maximum absolute atomic E-state index is 7.07. The highest BCUT2D eigenvalue weighted by molar-refractivity contribution is 6.76. The molecule has 0 bridgehead atoms. The van der Waals surface area contributed by atoms with Gasteiger partial charge in [-0.05, 0) is 69.8 Å². The molecule has 192 valence electrons. The van der Waals surface area contributed by atoms with Crippen molar-refractivity contribution in [2.45, 2.75) is 123 Å². The molecule has 1 saturated heterocycles. The van der Waals surface area contributed by atoms with E-state index in [9.17, 15) is 0 Å². The Balaban J connectivity index is 2.31. The van der Waals surface area contributed by atoms with Gasteiger partial charge in [0.1, 0.15) is 24.3 Å². The average Bonchev–Trinajstić information content (AvgIpc) is 2.89. The summed E-state index contributed by atoms with van der Waals surface area (Å²) in [5, 5.41) is 0.167. The molecule has 4 nitrogen and oxygen atoms in total. The van der Waals surface area contributed by atoms with Gasteiger partial charge in [0.2, 0.25) is 0 Å². The predicted molar refractivity (Wildman–Crippen MR) is 145 cm³/mol. The topological polar surface area (TPSA) is 36.9 Å². The monoisotopic (exact) mass is 496 g/mol. The molecule has 0 aromatic heterocycles. The van der Waals surface area contributed by atoms with Gasteiger partial charge in [0, 0.05) is 14.7 Å². The molecule has 0 radical (unpaired) electrons. The Labute approximate surface area is 206 Å². The summed E-state index contributed by atoms with van der Waals surface area (Å²) in [5.74, 6) is 1.66. The van der Waals surface area contributed by atoms with Crippen molar-refractivity contribution < 1.29 is 18.6 Å². The molecule has 0 spiro atoms. The molecule has 0 amide bonds. The van der Waals surface area contributed by atoms with Crippen LogP contribution in [0, 0.1) is 11.8 Å². The van der Waals surface area contributed by atoms with Crippen molar-refractivity contribution >= 4 is 16.4 Å². The van der Waals surface area contributed by atoms with E-state index < -0.39 is 22.0 Å². The molecule has 1 aliphatic heterocycles. The standard InChI is InChI=1S/C27H52O4Si2/c1-20(2)13-14-24-27(7,29-19-28-15-16-32(8,9)10)25-22(30-24)17-21(3)18-23(25)31-33(11,12)26(4,5)6/h13-14,21-23,25H,15-19H2,1-12H3/b24-14-/t21-,22-,23-,25-,27-/m0/s1. The van der Waals surface area contributed by atoms with Gasteiger partial charge in [0.25, 0.3) is 0 Å². The second-order valence-corrected chi connectivity index (χ2v) is 23.9. The van der Waals surface area contributed by atoms with Crippen LogP contribution in [-0.4, -0.2) is 47.6 Å². The van der Waals surface area contributed by atoms with Gasteiger partial charge in [-0.3, -0.25) is 0 Å². The highest BCUT2D eigenvalue weighted by atomic mass is 28.4. The van der Waals surface area contributed by atoms with Crippen molar-refractivity contribution in [3.8, 4) is 0 Å². The first-order valence-electron chi connectivity index (χ1n) is 12.9. The second-order valence-electron chi connectivity index (χ2n) is 13.5. The van der Waals surface area contributed by atoms with Crippen molar-refractivity contribution in [2.24, 2.45) is 11.8 Å². The van der Waals surface area contributed by atoms with Crippen molar-refractivity contribution in [3.05, 3.63) is 23.5 Å². The number of hydrogen-bond donors (Lipinski definition) is 0. The van der Waals surface area contributed by atoms with Crippen LogP contribution in [0.1, 0.15) is 61.3 Å². The lowest BCUT2D eigenvalue weighted by molar-refractivity contribution is -0.153. The van der Waals surface area contributed by atoms with E-state index in [0.717, 1.165) is 31.3 Å². The molecule has 1 saturated carbocycles. The zero-order valence-corrected chi connectivity index (χ0v) is 25.6. The molecule has 0 unspecified atom stereocenters. The summed E-state index contributed by atoms with van der Waals surface area (Å²) >= 11 is 0. The summed E-state index contributed by atoms with van der Waals surface area (Å²) in [5.41, 5.74) is 0.695. The summed E-state index contributed by atoms with van der Waals surface area (Å²) in [6.07, 6.45) is 6.60. The molecule has 6 heteroatoms. The predicted octanol–water partition coefficient (Wildman–Crippen LogP) is 7.76. The van der Waals surface area contributed by atoms with Gasteiger partial charge in [0.05, 0.1) is 12.0 Å². The average molecular weight is 497 g/mol. The van der Waals surface area contributed by atoms with Gasteiger partial charge in [-0.25, -0.2) is 0 Å². The minimum Gasteiger partial charge on any atom is -0.491 e. The molecule has 0 aromatic carbocycles. The smallest absolute Gasteiger partial charge is 0.192 e. The third kappa shape index (κ3) is 7.54. The van der Waals surface area contributed by atoms with Crippen LogP contribution in [0.25, 0.3) is 0 Å². The summed E-state index contributed by atoms with van der Waals surface area (Å²) in [6.45, 7) is 28.6. The van der Waals surface area contributed by atoms with Crippen molar-refractivity contribution in [1.82, 2.24) is 0 Å². The number of rotatable bonds is 9. The lowest BCUT2D eigenvalue weighted by Gasteiger charge is -2.47. The van der Waals surface area contributed by atoms with E-state index in [0.29, 0.717) is 12.7 Å².